The van der Waals surface area contributed by atoms with Crippen LogP contribution in [0.2, 0.25) is 0 Å². The SMILES string of the molecule is SCCCCCSc1ccncc1. The zero-order valence-electron chi connectivity index (χ0n) is 7.65. The van der Waals surface area contributed by atoms with Crippen molar-refractivity contribution < 1.29 is 0 Å². The molecule has 1 heterocycles. The van der Waals surface area contributed by atoms with Crippen LogP contribution >= 0.6 is 24.4 Å². The Hall–Kier alpha value is -0.150. The van der Waals surface area contributed by atoms with Gasteiger partial charge in [0, 0.05) is 17.3 Å². The van der Waals surface area contributed by atoms with Gasteiger partial charge >= 0.3 is 0 Å². The van der Waals surface area contributed by atoms with Gasteiger partial charge in [0.2, 0.25) is 0 Å². The molecule has 13 heavy (non-hydrogen) atoms. The summed E-state index contributed by atoms with van der Waals surface area (Å²) in [6.07, 6.45) is 7.50. The largest absolute Gasteiger partial charge is 0.265 e. The summed E-state index contributed by atoms with van der Waals surface area (Å²) in [6, 6.07) is 4.12. The van der Waals surface area contributed by atoms with Crippen molar-refractivity contribution in [3.8, 4) is 0 Å². The van der Waals surface area contributed by atoms with Gasteiger partial charge in [-0.1, -0.05) is 6.42 Å². The van der Waals surface area contributed by atoms with Crippen LogP contribution < -0.4 is 0 Å². The van der Waals surface area contributed by atoms with Crippen molar-refractivity contribution in [3.63, 3.8) is 0 Å². The van der Waals surface area contributed by atoms with Gasteiger partial charge in [0.1, 0.15) is 0 Å². The molecule has 0 spiro atoms. The van der Waals surface area contributed by atoms with E-state index in [1.807, 2.05) is 24.2 Å². The highest BCUT2D eigenvalue weighted by molar-refractivity contribution is 7.99. The maximum atomic E-state index is 4.18. The van der Waals surface area contributed by atoms with E-state index in [0.29, 0.717) is 0 Å². The summed E-state index contributed by atoms with van der Waals surface area (Å²) in [5, 5.41) is 0. The molecule has 1 nitrogen and oxygen atoms in total. The normalized spacial score (nSPS) is 10.2. The van der Waals surface area contributed by atoms with Crippen molar-refractivity contribution in [2.45, 2.75) is 24.2 Å². The second kappa shape index (κ2) is 7.27. The fourth-order valence-corrected chi connectivity index (χ4v) is 2.14. The molecule has 0 fully saturated rings. The van der Waals surface area contributed by atoms with E-state index in [2.05, 4.69) is 29.7 Å². The topological polar surface area (TPSA) is 12.9 Å². The first kappa shape index (κ1) is 10.9. The van der Waals surface area contributed by atoms with E-state index in [9.17, 15) is 0 Å². The van der Waals surface area contributed by atoms with Crippen LogP contribution in [0.1, 0.15) is 19.3 Å². The molecule has 0 aromatic carbocycles. The predicted molar refractivity (Wildman–Crippen MR) is 62.7 cm³/mol. The Morgan fingerprint density at radius 1 is 1.15 bits per heavy atom. The molecule has 3 heteroatoms. The van der Waals surface area contributed by atoms with Gasteiger partial charge in [0.15, 0.2) is 0 Å². The van der Waals surface area contributed by atoms with Gasteiger partial charge in [0.05, 0.1) is 0 Å². The average Bonchev–Trinajstić information content (AvgIpc) is 2.19. The van der Waals surface area contributed by atoms with E-state index < -0.39 is 0 Å². The first-order chi connectivity index (χ1) is 6.43. The first-order valence-corrected chi connectivity index (χ1v) is 6.19. The molecule has 0 unspecified atom stereocenters. The third kappa shape index (κ3) is 5.21. The highest BCUT2D eigenvalue weighted by atomic mass is 32.2. The fourth-order valence-electron chi connectivity index (χ4n) is 1.02. The second-order valence-corrected chi connectivity index (χ2v) is 4.43. The minimum Gasteiger partial charge on any atom is -0.265 e. The van der Waals surface area contributed by atoms with Gasteiger partial charge in [-0.15, -0.1) is 11.8 Å². The Balaban J connectivity index is 2.07. The predicted octanol–water partition coefficient (Wildman–Crippen LogP) is 3.27. The van der Waals surface area contributed by atoms with Gasteiger partial charge in [-0.05, 0) is 36.5 Å². The number of unbranched alkanes of at least 4 members (excludes halogenated alkanes) is 2. The molecule has 0 aliphatic rings. The lowest BCUT2D eigenvalue weighted by Crippen LogP contribution is -1.82. The van der Waals surface area contributed by atoms with Crippen molar-refractivity contribution in [1.82, 2.24) is 4.98 Å². The van der Waals surface area contributed by atoms with E-state index >= 15 is 0 Å². The molecule has 1 aromatic heterocycles. The minimum atomic E-state index is 1.01. The number of pyridine rings is 1. The lowest BCUT2D eigenvalue weighted by atomic mass is 10.3. The van der Waals surface area contributed by atoms with E-state index in [0.717, 1.165) is 5.75 Å². The number of hydrogen-bond donors (Lipinski definition) is 1. The zero-order valence-corrected chi connectivity index (χ0v) is 9.36. The number of aromatic nitrogens is 1. The van der Waals surface area contributed by atoms with Gasteiger partial charge in [-0.3, -0.25) is 4.98 Å². The van der Waals surface area contributed by atoms with Crippen LogP contribution in [0.3, 0.4) is 0 Å². The van der Waals surface area contributed by atoms with Crippen molar-refractivity contribution >= 4 is 24.4 Å². The van der Waals surface area contributed by atoms with E-state index in [4.69, 9.17) is 0 Å². The molecule has 0 saturated carbocycles. The van der Waals surface area contributed by atoms with Crippen LogP contribution in [0.25, 0.3) is 0 Å². The first-order valence-electron chi connectivity index (χ1n) is 4.57. The molecule has 0 atom stereocenters. The monoisotopic (exact) mass is 213 g/mol. The molecule has 1 rings (SSSR count). The summed E-state index contributed by atoms with van der Waals surface area (Å²) >= 11 is 6.08. The molecule has 0 radical (unpaired) electrons. The van der Waals surface area contributed by atoms with E-state index in [1.165, 1.54) is 29.9 Å². The Kier molecular flexibility index (Phi) is 6.11. The Morgan fingerprint density at radius 2 is 1.92 bits per heavy atom. The molecule has 0 amide bonds. The maximum absolute atomic E-state index is 4.18. The number of thiol groups is 1. The van der Waals surface area contributed by atoms with E-state index in [1.54, 1.807) is 0 Å². The standard InChI is InChI=1S/C10H15NS2/c12-8-2-1-3-9-13-10-4-6-11-7-5-10/h4-7,12H,1-3,8-9H2. The van der Waals surface area contributed by atoms with Crippen molar-refractivity contribution in [2.75, 3.05) is 11.5 Å². The molecule has 0 bridgehead atoms. The van der Waals surface area contributed by atoms with Crippen LogP contribution in [-0.2, 0) is 0 Å². The number of nitrogens with zero attached hydrogens (tertiary/aromatic N) is 1. The Bertz CT molecular complexity index is 213. The van der Waals surface area contributed by atoms with Crippen molar-refractivity contribution in [3.05, 3.63) is 24.5 Å². The summed E-state index contributed by atoms with van der Waals surface area (Å²) in [6.45, 7) is 0. The summed E-state index contributed by atoms with van der Waals surface area (Å²) in [5.74, 6) is 2.22. The Morgan fingerprint density at radius 3 is 2.62 bits per heavy atom. The molecule has 72 valence electrons. The number of rotatable bonds is 6. The highest BCUT2D eigenvalue weighted by Crippen LogP contribution is 2.17. The summed E-state index contributed by atoms with van der Waals surface area (Å²) in [7, 11) is 0. The van der Waals surface area contributed by atoms with Gasteiger partial charge in [-0.2, -0.15) is 12.6 Å². The van der Waals surface area contributed by atoms with Crippen molar-refractivity contribution in [1.29, 1.82) is 0 Å². The van der Waals surface area contributed by atoms with Gasteiger partial charge < -0.3 is 0 Å². The lowest BCUT2D eigenvalue weighted by molar-refractivity contribution is 0.787. The van der Waals surface area contributed by atoms with Crippen molar-refractivity contribution in [2.24, 2.45) is 0 Å². The fraction of sp³-hybridized carbons (Fsp3) is 0.500. The lowest BCUT2D eigenvalue weighted by Gasteiger charge is -1.99. The molecule has 1 aromatic rings. The molecule has 0 saturated heterocycles. The minimum absolute atomic E-state index is 1.01. The molecule has 0 N–H and O–H groups in total. The molecule has 0 aliphatic heterocycles. The average molecular weight is 213 g/mol. The molecular weight excluding hydrogens is 198 g/mol. The molecule has 0 aliphatic carbocycles. The summed E-state index contributed by atoms with van der Waals surface area (Å²) < 4.78 is 0. The zero-order chi connectivity index (χ0) is 9.36. The Labute approximate surface area is 89.8 Å². The van der Waals surface area contributed by atoms with Gasteiger partial charge in [0.25, 0.3) is 0 Å². The number of thioether (sulfide) groups is 1. The van der Waals surface area contributed by atoms with E-state index in [-0.39, 0.29) is 0 Å². The smallest absolute Gasteiger partial charge is 0.0278 e. The summed E-state index contributed by atoms with van der Waals surface area (Å²) in [5.41, 5.74) is 0. The highest BCUT2D eigenvalue weighted by Gasteiger charge is 1.92. The van der Waals surface area contributed by atoms with Crippen LogP contribution in [-0.4, -0.2) is 16.5 Å². The number of hydrogen-bond acceptors (Lipinski definition) is 3. The van der Waals surface area contributed by atoms with Gasteiger partial charge in [-0.25, -0.2) is 0 Å². The maximum Gasteiger partial charge on any atom is 0.0278 e. The second-order valence-electron chi connectivity index (χ2n) is 2.82. The molecular formula is C10H15NS2. The quantitative estimate of drug-likeness (QED) is 0.442. The van der Waals surface area contributed by atoms with Crippen LogP contribution in [0, 0.1) is 0 Å². The van der Waals surface area contributed by atoms with Crippen LogP contribution in [0.4, 0.5) is 0 Å². The van der Waals surface area contributed by atoms with Crippen LogP contribution in [0.15, 0.2) is 29.4 Å². The third-order valence-corrected chi connectivity index (χ3v) is 3.14. The van der Waals surface area contributed by atoms with Crippen LogP contribution in [0.5, 0.6) is 0 Å². The summed E-state index contributed by atoms with van der Waals surface area (Å²) in [4.78, 5) is 5.30. The third-order valence-electron chi connectivity index (χ3n) is 1.72.